The maximum Gasteiger partial charge on any atom is 0.142 e. The Balaban J connectivity index is 2.17. The van der Waals surface area contributed by atoms with Crippen molar-refractivity contribution in [1.82, 2.24) is 0 Å². The van der Waals surface area contributed by atoms with Crippen molar-refractivity contribution in [1.29, 1.82) is 0 Å². The minimum atomic E-state index is 0.179. The maximum atomic E-state index is 5.79. The molecule has 4 heteroatoms. The quantitative estimate of drug-likeness (QED) is 0.612. The Labute approximate surface area is 143 Å². The molecule has 1 unspecified atom stereocenters. The molecule has 0 fully saturated rings. The number of anilines is 1. The van der Waals surface area contributed by atoms with E-state index in [4.69, 9.17) is 4.74 Å². The first-order valence-electron chi connectivity index (χ1n) is 7.05. The van der Waals surface area contributed by atoms with Crippen molar-refractivity contribution < 1.29 is 4.74 Å². The molecule has 21 heavy (non-hydrogen) atoms. The van der Waals surface area contributed by atoms with Crippen LogP contribution in [0.2, 0.25) is 0 Å². The second-order valence-electron chi connectivity index (χ2n) is 4.88. The van der Waals surface area contributed by atoms with E-state index in [0.717, 1.165) is 33.4 Å². The average molecular weight is 413 g/mol. The third-order valence-corrected chi connectivity index (χ3v) is 4.33. The Kier molecular flexibility index (Phi) is 6.12. The fourth-order valence-electron chi connectivity index (χ4n) is 2.09. The molecular weight excluding hydrogens is 394 g/mol. The zero-order chi connectivity index (χ0) is 15.2. The second-order valence-corrected chi connectivity index (χ2v) is 6.65. The first kappa shape index (κ1) is 16.4. The van der Waals surface area contributed by atoms with Crippen molar-refractivity contribution in [2.75, 3.05) is 11.9 Å². The van der Waals surface area contributed by atoms with Crippen LogP contribution in [0.4, 0.5) is 5.69 Å². The Morgan fingerprint density at radius 3 is 2.62 bits per heavy atom. The molecule has 2 aromatic carbocycles. The van der Waals surface area contributed by atoms with Gasteiger partial charge in [0.2, 0.25) is 0 Å². The summed E-state index contributed by atoms with van der Waals surface area (Å²) in [6.45, 7) is 4.98. The van der Waals surface area contributed by atoms with Crippen LogP contribution in [0.15, 0.2) is 51.4 Å². The van der Waals surface area contributed by atoms with E-state index in [0.29, 0.717) is 0 Å². The van der Waals surface area contributed by atoms with Crippen molar-refractivity contribution in [3.8, 4) is 5.75 Å². The van der Waals surface area contributed by atoms with Crippen LogP contribution in [0.1, 0.15) is 31.9 Å². The number of halogens is 2. The second kappa shape index (κ2) is 7.85. The standard InChI is InChI=1S/C17H19Br2NO/c1-3-10-21-17-7-5-4-6-16(17)20-12(2)14-9-8-13(18)11-15(14)19/h4-9,11-12,20H,3,10H2,1-2H3. The number of rotatable bonds is 6. The summed E-state index contributed by atoms with van der Waals surface area (Å²) in [6, 6.07) is 14.5. The van der Waals surface area contributed by atoms with Crippen molar-refractivity contribution in [2.24, 2.45) is 0 Å². The van der Waals surface area contributed by atoms with Gasteiger partial charge in [0.15, 0.2) is 0 Å². The molecule has 1 atom stereocenters. The summed E-state index contributed by atoms with van der Waals surface area (Å²) in [5.41, 5.74) is 2.23. The molecule has 0 radical (unpaired) electrons. The monoisotopic (exact) mass is 411 g/mol. The summed E-state index contributed by atoms with van der Waals surface area (Å²) >= 11 is 7.10. The van der Waals surface area contributed by atoms with E-state index in [1.807, 2.05) is 24.3 Å². The number of nitrogens with one attached hydrogen (secondary N) is 1. The molecule has 0 spiro atoms. The van der Waals surface area contributed by atoms with Crippen molar-refractivity contribution in [2.45, 2.75) is 26.3 Å². The van der Waals surface area contributed by atoms with Gasteiger partial charge in [-0.05, 0) is 43.2 Å². The summed E-state index contributed by atoms with van der Waals surface area (Å²) in [7, 11) is 0. The Morgan fingerprint density at radius 1 is 1.14 bits per heavy atom. The molecular formula is C17H19Br2NO. The molecule has 0 saturated heterocycles. The molecule has 0 bridgehead atoms. The summed E-state index contributed by atoms with van der Waals surface area (Å²) < 4.78 is 7.94. The Bertz CT molecular complexity index is 601. The molecule has 2 nitrogen and oxygen atoms in total. The summed E-state index contributed by atoms with van der Waals surface area (Å²) in [6.07, 6.45) is 1.00. The van der Waals surface area contributed by atoms with Gasteiger partial charge in [0.1, 0.15) is 5.75 Å². The molecule has 0 aliphatic carbocycles. The predicted molar refractivity (Wildman–Crippen MR) is 96.1 cm³/mol. The molecule has 0 aliphatic rings. The van der Waals surface area contributed by atoms with E-state index < -0.39 is 0 Å². The van der Waals surface area contributed by atoms with Crippen LogP contribution in [0, 0.1) is 0 Å². The lowest BCUT2D eigenvalue weighted by molar-refractivity contribution is 0.318. The largest absolute Gasteiger partial charge is 0.491 e. The van der Waals surface area contributed by atoms with Crippen LogP contribution < -0.4 is 10.1 Å². The highest BCUT2D eigenvalue weighted by Gasteiger charge is 2.12. The van der Waals surface area contributed by atoms with E-state index in [1.54, 1.807) is 0 Å². The molecule has 0 saturated carbocycles. The highest BCUT2D eigenvalue weighted by atomic mass is 79.9. The van der Waals surface area contributed by atoms with Gasteiger partial charge in [0.25, 0.3) is 0 Å². The fourth-order valence-corrected chi connectivity index (χ4v) is 3.48. The minimum absolute atomic E-state index is 0.179. The minimum Gasteiger partial charge on any atom is -0.491 e. The molecule has 112 valence electrons. The number of hydrogen-bond acceptors (Lipinski definition) is 2. The topological polar surface area (TPSA) is 21.3 Å². The van der Waals surface area contributed by atoms with E-state index in [-0.39, 0.29) is 6.04 Å². The number of para-hydroxylation sites is 2. The number of ether oxygens (including phenoxy) is 1. The first-order valence-corrected chi connectivity index (χ1v) is 8.63. The van der Waals surface area contributed by atoms with Gasteiger partial charge in [-0.2, -0.15) is 0 Å². The lowest BCUT2D eigenvalue weighted by Crippen LogP contribution is -2.09. The van der Waals surface area contributed by atoms with E-state index >= 15 is 0 Å². The molecule has 2 rings (SSSR count). The third-order valence-electron chi connectivity index (χ3n) is 3.15. The first-order chi connectivity index (χ1) is 10.1. The molecule has 0 amide bonds. The van der Waals surface area contributed by atoms with E-state index in [9.17, 15) is 0 Å². The zero-order valence-corrected chi connectivity index (χ0v) is 15.4. The SMILES string of the molecule is CCCOc1ccccc1NC(C)c1ccc(Br)cc1Br. The molecule has 0 aromatic heterocycles. The van der Waals surface area contributed by atoms with Gasteiger partial charge in [-0.25, -0.2) is 0 Å². The van der Waals surface area contributed by atoms with Gasteiger partial charge in [0.05, 0.1) is 12.3 Å². The van der Waals surface area contributed by atoms with Crippen LogP contribution in [-0.2, 0) is 0 Å². The zero-order valence-electron chi connectivity index (χ0n) is 12.2. The average Bonchev–Trinajstić information content (AvgIpc) is 2.46. The van der Waals surface area contributed by atoms with E-state index in [1.165, 1.54) is 5.56 Å². The number of hydrogen-bond donors (Lipinski definition) is 1. The Hall–Kier alpha value is -1.000. The van der Waals surface area contributed by atoms with Crippen LogP contribution in [0.5, 0.6) is 5.75 Å². The number of benzene rings is 2. The highest BCUT2D eigenvalue weighted by Crippen LogP contribution is 2.32. The van der Waals surface area contributed by atoms with E-state index in [2.05, 4.69) is 69.2 Å². The van der Waals surface area contributed by atoms with Gasteiger partial charge in [-0.15, -0.1) is 0 Å². The summed E-state index contributed by atoms with van der Waals surface area (Å²) in [5.74, 6) is 0.902. The van der Waals surface area contributed by atoms with Gasteiger partial charge < -0.3 is 10.1 Å². The van der Waals surface area contributed by atoms with Crippen LogP contribution in [-0.4, -0.2) is 6.61 Å². The van der Waals surface area contributed by atoms with Gasteiger partial charge in [0, 0.05) is 15.0 Å². The van der Waals surface area contributed by atoms with Crippen molar-refractivity contribution in [3.63, 3.8) is 0 Å². The molecule has 0 aliphatic heterocycles. The van der Waals surface area contributed by atoms with Crippen LogP contribution in [0.3, 0.4) is 0 Å². The third kappa shape index (κ3) is 4.48. The summed E-state index contributed by atoms with van der Waals surface area (Å²) in [4.78, 5) is 0. The smallest absolute Gasteiger partial charge is 0.142 e. The van der Waals surface area contributed by atoms with Gasteiger partial charge >= 0.3 is 0 Å². The molecule has 0 heterocycles. The normalized spacial score (nSPS) is 12.0. The fraction of sp³-hybridized carbons (Fsp3) is 0.294. The predicted octanol–water partition coefficient (Wildman–Crippen LogP) is 6.17. The lowest BCUT2D eigenvalue weighted by atomic mass is 10.1. The Morgan fingerprint density at radius 2 is 1.90 bits per heavy atom. The van der Waals surface area contributed by atoms with Crippen LogP contribution in [0.25, 0.3) is 0 Å². The van der Waals surface area contributed by atoms with Gasteiger partial charge in [-0.3, -0.25) is 0 Å². The van der Waals surface area contributed by atoms with Crippen molar-refractivity contribution >= 4 is 37.5 Å². The summed E-state index contributed by atoms with van der Waals surface area (Å²) in [5, 5.41) is 3.53. The van der Waals surface area contributed by atoms with Gasteiger partial charge in [-0.1, -0.05) is 57.0 Å². The molecule has 2 aromatic rings. The van der Waals surface area contributed by atoms with Crippen molar-refractivity contribution in [3.05, 3.63) is 57.0 Å². The highest BCUT2D eigenvalue weighted by molar-refractivity contribution is 9.11. The van der Waals surface area contributed by atoms with Crippen LogP contribution >= 0.6 is 31.9 Å². The molecule has 1 N–H and O–H groups in total. The maximum absolute atomic E-state index is 5.79. The lowest BCUT2D eigenvalue weighted by Gasteiger charge is -2.19.